The highest BCUT2D eigenvalue weighted by Crippen LogP contribution is 2.23. The van der Waals surface area contributed by atoms with Crippen molar-refractivity contribution >= 4 is 16.7 Å². The second-order valence-electron chi connectivity index (χ2n) is 6.38. The number of aryl methyl sites for hydroxylation is 2. The van der Waals surface area contributed by atoms with Gasteiger partial charge in [0.2, 0.25) is 5.82 Å². The fourth-order valence-corrected chi connectivity index (χ4v) is 2.88. The van der Waals surface area contributed by atoms with E-state index in [1.54, 1.807) is 17.0 Å². The molecule has 8 nitrogen and oxygen atoms in total. The van der Waals surface area contributed by atoms with Crippen LogP contribution >= 0.6 is 0 Å². The van der Waals surface area contributed by atoms with Crippen molar-refractivity contribution in [2.75, 3.05) is 0 Å². The number of aromatic amines is 1. The van der Waals surface area contributed by atoms with Crippen molar-refractivity contribution in [1.82, 2.24) is 29.8 Å². The molecule has 1 aromatic carbocycles. The molecule has 0 saturated heterocycles. The largest absolute Gasteiger partial charge is 0.486 e. The quantitative estimate of drug-likeness (QED) is 0.527. The lowest BCUT2D eigenvalue weighted by Gasteiger charge is -2.06. The molecule has 0 fully saturated rings. The number of nitrogens with zero attached hydrogens (tertiary/aromatic N) is 5. The average Bonchev–Trinajstić information content (AvgIpc) is 3.40. The minimum atomic E-state index is 0.337. The van der Waals surface area contributed by atoms with Gasteiger partial charge in [-0.3, -0.25) is 5.10 Å². The number of benzene rings is 1. The van der Waals surface area contributed by atoms with Crippen molar-refractivity contribution in [3.8, 4) is 17.3 Å². The van der Waals surface area contributed by atoms with E-state index in [1.165, 1.54) is 11.1 Å². The van der Waals surface area contributed by atoms with Gasteiger partial charge in [-0.15, -0.1) is 5.10 Å². The van der Waals surface area contributed by atoms with E-state index in [9.17, 15) is 0 Å². The molecule has 0 aliphatic rings. The molecule has 0 radical (unpaired) electrons. The second kappa shape index (κ2) is 5.94. The smallest absolute Gasteiger partial charge is 0.217 e. The Morgan fingerprint density at radius 1 is 1.15 bits per heavy atom. The first-order valence-corrected chi connectivity index (χ1v) is 8.51. The molecule has 5 rings (SSSR count). The summed E-state index contributed by atoms with van der Waals surface area (Å²) >= 11 is 0. The molecule has 5 aromatic rings. The number of fused-ring (bicyclic) bond motifs is 3. The van der Waals surface area contributed by atoms with Crippen LogP contribution in [0.2, 0.25) is 0 Å². The van der Waals surface area contributed by atoms with Gasteiger partial charge in [0.05, 0.1) is 11.6 Å². The molecule has 27 heavy (non-hydrogen) atoms. The van der Waals surface area contributed by atoms with E-state index in [2.05, 4.69) is 39.1 Å². The molecule has 0 unspecified atom stereocenters. The Bertz CT molecular complexity index is 1270. The molecule has 4 aromatic heterocycles. The molecule has 0 spiro atoms. The van der Waals surface area contributed by atoms with Crippen molar-refractivity contribution in [3.05, 3.63) is 59.7 Å². The number of furan rings is 1. The second-order valence-corrected chi connectivity index (χ2v) is 6.38. The zero-order valence-electron chi connectivity index (χ0n) is 14.8. The van der Waals surface area contributed by atoms with Gasteiger partial charge in [-0.2, -0.15) is 5.10 Å². The van der Waals surface area contributed by atoms with Gasteiger partial charge in [-0.25, -0.2) is 14.5 Å². The van der Waals surface area contributed by atoms with E-state index < -0.39 is 0 Å². The first-order chi connectivity index (χ1) is 13.2. The van der Waals surface area contributed by atoms with Crippen LogP contribution in [0.3, 0.4) is 0 Å². The molecule has 0 saturated carbocycles. The van der Waals surface area contributed by atoms with Gasteiger partial charge in [0.15, 0.2) is 17.1 Å². The summed E-state index contributed by atoms with van der Waals surface area (Å²) in [6.07, 6.45) is 3.28. The molecule has 1 N–H and O–H groups in total. The van der Waals surface area contributed by atoms with Gasteiger partial charge in [0.1, 0.15) is 24.4 Å². The molecular weight excluding hydrogens is 344 g/mol. The monoisotopic (exact) mass is 360 g/mol. The number of hydrogen-bond acceptors (Lipinski definition) is 6. The first kappa shape index (κ1) is 15.6. The van der Waals surface area contributed by atoms with E-state index in [4.69, 9.17) is 9.15 Å². The molecular formula is C19H16N6O2. The zero-order chi connectivity index (χ0) is 18.4. The van der Waals surface area contributed by atoms with Crippen LogP contribution in [-0.2, 0) is 6.61 Å². The van der Waals surface area contributed by atoms with E-state index in [1.807, 2.05) is 30.3 Å². The summed E-state index contributed by atoms with van der Waals surface area (Å²) in [5.41, 5.74) is 3.78. The standard InChI is InChI=1S/C19H16N6O2/c1-11-3-4-13(7-12(11)2)26-9-14-5-6-16(27-14)18-22-19-15-8-21-23-17(15)20-10-25(19)24-18/h3-8,10H,9H2,1-2H3,(H,21,23). The summed E-state index contributed by atoms with van der Waals surface area (Å²) in [6.45, 7) is 4.48. The Labute approximate surface area is 153 Å². The lowest BCUT2D eigenvalue weighted by molar-refractivity contribution is 0.271. The van der Waals surface area contributed by atoms with Gasteiger partial charge < -0.3 is 9.15 Å². The number of aromatic nitrogens is 6. The fourth-order valence-electron chi connectivity index (χ4n) is 2.88. The highest BCUT2D eigenvalue weighted by molar-refractivity contribution is 5.88. The lowest BCUT2D eigenvalue weighted by atomic mass is 10.1. The average molecular weight is 360 g/mol. The van der Waals surface area contributed by atoms with E-state index in [0.29, 0.717) is 35.2 Å². The maximum absolute atomic E-state index is 5.86. The Hall–Kier alpha value is -3.68. The van der Waals surface area contributed by atoms with Crippen LogP contribution in [0.5, 0.6) is 5.75 Å². The van der Waals surface area contributed by atoms with Crippen LogP contribution in [0.1, 0.15) is 16.9 Å². The maximum Gasteiger partial charge on any atom is 0.217 e. The molecule has 0 amide bonds. The highest BCUT2D eigenvalue weighted by atomic mass is 16.5. The lowest BCUT2D eigenvalue weighted by Crippen LogP contribution is -1.94. The van der Waals surface area contributed by atoms with E-state index in [-0.39, 0.29) is 0 Å². The minimum Gasteiger partial charge on any atom is -0.486 e. The van der Waals surface area contributed by atoms with Crippen LogP contribution < -0.4 is 4.74 Å². The minimum absolute atomic E-state index is 0.337. The number of hydrogen-bond donors (Lipinski definition) is 1. The summed E-state index contributed by atoms with van der Waals surface area (Å²) in [7, 11) is 0. The molecule has 8 heteroatoms. The van der Waals surface area contributed by atoms with E-state index in [0.717, 1.165) is 11.1 Å². The maximum atomic E-state index is 5.86. The van der Waals surface area contributed by atoms with Crippen molar-refractivity contribution in [2.45, 2.75) is 20.5 Å². The van der Waals surface area contributed by atoms with Crippen LogP contribution in [0, 0.1) is 13.8 Å². The van der Waals surface area contributed by atoms with Crippen molar-refractivity contribution in [3.63, 3.8) is 0 Å². The predicted octanol–water partition coefficient (Wildman–Crippen LogP) is 3.46. The molecule has 0 bridgehead atoms. The molecule has 4 heterocycles. The van der Waals surface area contributed by atoms with Gasteiger partial charge in [-0.05, 0) is 49.2 Å². The number of H-pyrrole nitrogens is 1. The molecule has 134 valence electrons. The summed E-state index contributed by atoms with van der Waals surface area (Å²) < 4.78 is 13.3. The van der Waals surface area contributed by atoms with E-state index >= 15 is 0 Å². The van der Waals surface area contributed by atoms with Crippen molar-refractivity contribution in [1.29, 1.82) is 0 Å². The molecule has 0 aliphatic heterocycles. The SMILES string of the molecule is Cc1ccc(OCc2ccc(-c3nc4c5cn[nH]c5ncn4n3)o2)cc1C. The van der Waals surface area contributed by atoms with Crippen LogP contribution in [0.4, 0.5) is 0 Å². The van der Waals surface area contributed by atoms with Crippen molar-refractivity contribution < 1.29 is 9.15 Å². The fraction of sp³-hybridized carbons (Fsp3) is 0.158. The van der Waals surface area contributed by atoms with Crippen LogP contribution in [-0.4, -0.2) is 29.8 Å². The normalized spacial score (nSPS) is 11.5. The molecule has 0 aliphatic carbocycles. The van der Waals surface area contributed by atoms with Crippen LogP contribution in [0.25, 0.3) is 28.3 Å². The number of rotatable bonds is 4. The highest BCUT2D eigenvalue weighted by Gasteiger charge is 2.14. The topological polar surface area (TPSA) is 94.1 Å². The Morgan fingerprint density at radius 2 is 2.07 bits per heavy atom. The van der Waals surface area contributed by atoms with Gasteiger partial charge in [0, 0.05) is 0 Å². The van der Waals surface area contributed by atoms with Gasteiger partial charge >= 0.3 is 0 Å². The third-order valence-corrected chi connectivity index (χ3v) is 4.53. The summed E-state index contributed by atoms with van der Waals surface area (Å²) in [5, 5.41) is 12.1. The Morgan fingerprint density at radius 3 is 2.96 bits per heavy atom. The third kappa shape index (κ3) is 2.71. The Balaban J connectivity index is 1.40. The van der Waals surface area contributed by atoms with Gasteiger partial charge in [0.25, 0.3) is 0 Å². The predicted molar refractivity (Wildman–Crippen MR) is 98.4 cm³/mol. The van der Waals surface area contributed by atoms with Crippen LogP contribution in [0.15, 0.2) is 47.3 Å². The summed E-state index contributed by atoms with van der Waals surface area (Å²) in [6, 6.07) is 9.73. The van der Waals surface area contributed by atoms with Gasteiger partial charge in [-0.1, -0.05) is 6.07 Å². The first-order valence-electron chi connectivity index (χ1n) is 8.51. The summed E-state index contributed by atoms with van der Waals surface area (Å²) in [5.74, 6) is 2.58. The Kier molecular flexibility index (Phi) is 3.43. The molecule has 0 atom stereocenters. The zero-order valence-corrected chi connectivity index (χ0v) is 14.8. The summed E-state index contributed by atoms with van der Waals surface area (Å²) in [4.78, 5) is 8.80. The number of nitrogens with one attached hydrogen (secondary N) is 1. The number of ether oxygens (including phenoxy) is 1. The third-order valence-electron chi connectivity index (χ3n) is 4.53. The van der Waals surface area contributed by atoms with Crippen molar-refractivity contribution in [2.24, 2.45) is 0 Å².